The molecule has 2 rings (SSSR count). The molecule has 114 valence electrons. The summed E-state index contributed by atoms with van der Waals surface area (Å²) in [6, 6.07) is 12.1. The van der Waals surface area contributed by atoms with E-state index in [1.807, 2.05) is 6.07 Å². The van der Waals surface area contributed by atoms with Gasteiger partial charge >= 0.3 is 0 Å². The minimum Gasteiger partial charge on any atom is -0.446 e. The van der Waals surface area contributed by atoms with Gasteiger partial charge in [0, 0.05) is 7.05 Å². The summed E-state index contributed by atoms with van der Waals surface area (Å²) in [4.78, 5) is 0. The van der Waals surface area contributed by atoms with Crippen molar-refractivity contribution in [2.24, 2.45) is 0 Å². The molecule has 0 atom stereocenters. The molecule has 0 saturated carbocycles. The van der Waals surface area contributed by atoms with Crippen molar-refractivity contribution in [1.29, 1.82) is 0 Å². The van der Waals surface area contributed by atoms with Crippen molar-refractivity contribution >= 4 is 15.7 Å². The maximum absolute atomic E-state index is 12.5. The molecule has 0 aliphatic rings. The summed E-state index contributed by atoms with van der Waals surface area (Å²) >= 11 is 0. The first-order valence-corrected chi connectivity index (χ1v) is 8.33. The monoisotopic (exact) mass is 308 g/mol. The van der Waals surface area contributed by atoms with Gasteiger partial charge in [0.15, 0.2) is 0 Å². The smallest absolute Gasteiger partial charge is 0.297 e. The van der Waals surface area contributed by atoms with Gasteiger partial charge in [0.25, 0.3) is 10.0 Å². The Kier molecular flexibility index (Phi) is 5.03. The molecule has 0 amide bonds. The molecule has 1 heterocycles. The summed E-state index contributed by atoms with van der Waals surface area (Å²) in [6.07, 6.45) is 1.02. The lowest BCUT2D eigenvalue weighted by Gasteiger charge is -2.17. The minimum atomic E-state index is -3.66. The van der Waals surface area contributed by atoms with Crippen molar-refractivity contribution in [2.45, 2.75) is 25.0 Å². The summed E-state index contributed by atoms with van der Waals surface area (Å²) in [7, 11) is -2.15. The van der Waals surface area contributed by atoms with Crippen LogP contribution in [0.1, 0.15) is 19.1 Å². The Labute approximate surface area is 125 Å². The molecule has 1 aromatic carbocycles. The predicted octanol–water partition coefficient (Wildman–Crippen LogP) is 2.60. The van der Waals surface area contributed by atoms with Gasteiger partial charge in [-0.25, -0.2) is 0 Å². The van der Waals surface area contributed by atoms with Gasteiger partial charge in [-0.15, -0.1) is 0 Å². The lowest BCUT2D eigenvalue weighted by Crippen LogP contribution is -2.26. The van der Waals surface area contributed by atoms with Crippen LogP contribution in [-0.4, -0.2) is 22.0 Å². The number of rotatable bonds is 7. The van der Waals surface area contributed by atoms with Crippen molar-refractivity contribution < 1.29 is 12.8 Å². The second kappa shape index (κ2) is 6.78. The zero-order valence-electron chi connectivity index (χ0n) is 12.2. The Bertz CT molecular complexity index is 665. The van der Waals surface area contributed by atoms with Crippen molar-refractivity contribution in [3.05, 3.63) is 48.2 Å². The number of furan rings is 1. The van der Waals surface area contributed by atoms with Gasteiger partial charge in [0.1, 0.15) is 5.76 Å². The molecule has 21 heavy (non-hydrogen) atoms. The zero-order valence-corrected chi connectivity index (χ0v) is 13.1. The molecule has 6 heteroatoms. The average molecular weight is 308 g/mol. The summed E-state index contributed by atoms with van der Waals surface area (Å²) in [5.41, 5.74) is 0.597. The molecule has 0 saturated heterocycles. The molecule has 0 aliphatic carbocycles. The Morgan fingerprint density at radius 3 is 2.52 bits per heavy atom. The van der Waals surface area contributed by atoms with E-state index in [0.717, 1.165) is 13.0 Å². The van der Waals surface area contributed by atoms with Crippen molar-refractivity contribution in [3.63, 3.8) is 0 Å². The van der Waals surface area contributed by atoms with Crippen LogP contribution >= 0.6 is 0 Å². The first kappa shape index (κ1) is 15.6. The van der Waals surface area contributed by atoms with Gasteiger partial charge < -0.3 is 9.73 Å². The van der Waals surface area contributed by atoms with Gasteiger partial charge in [-0.3, -0.25) is 4.31 Å². The number of nitrogens with one attached hydrogen (secondary N) is 1. The van der Waals surface area contributed by atoms with E-state index < -0.39 is 10.0 Å². The fourth-order valence-corrected chi connectivity index (χ4v) is 3.01. The highest BCUT2D eigenvalue weighted by Gasteiger charge is 2.24. The van der Waals surface area contributed by atoms with E-state index >= 15 is 0 Å². The number of benzene rings is 1. The topological polar surface area (TPSA) is 62.6 Å². The number of para-hydroxylation sites is 1. The second-order valence-electron chi connectivity index (χ2n) is 4.71. The SMILES string of the molecule is CCCNCc1ccc(S(=O)(=O)N(C)c2ccccc2)o1. The third-order valence-electron chi connectivity index (χ3n) is 3.10. The van der Waals surface area contributed by atoms with Crippen LogP contribution < -0.4 is 9.62 Å². The van der Waals surface area contributed by atoms with Gasteiger partial charge in [-0.2, -0.15) is 8.42 Å². The van der Waals surface area contributed by atoms with E-state index in [0.29, 0.717) is 18.0 Å². The number of anilines is 1. The second-order valence-corrected chi connectivity index (χ2v) is 6.61. The normalized spacial score (nSPS) is 11.5. The van der Waals surface area contributed by atoms with E-state index in [-0.39, 0.29) is 5.09 Å². The number of nitrogens with zero attached hydrogens (tertiary/aromatic N) is 1. The Hall–Kier alpha value is -1.79. The Balaban J connectivity index is 2.16. The number of hydrogen-bond donors (Lipinski definition) is 1. The largest absolute Gasteiger partial charge is 0.446 e. The van der Waals surface area contributed by atoms with Crippen LogP contribution in [0.2, 0.25) is 0 Å². The molecule has 1 N–H and O–H groups in total. The van der Waals surface area contributed by atoms with Crippen LogP contribution in [0.15, 0.2) is 52.0 Å². The van der Waals surface area contributed by atoms with Gasteiger partial charge in [-0.1, -0.05) is 25.1 Å². The molecule has 0 spiro atoms. The summed E-state index contributed by atoms with van der Waals surface area (Å²) in [5.74, 6) is 0.614. The Morgan fingerprint density at radius 2 is 1.86 bits per heavy atom. The fraction of sp³-hybridized carbons (Fsp3) is 0.333. The van der Waals surface area contributed by atoms with E-state index in [9.17, 15) is 8.42 Å². The van der Waals surface area contributed by atoms with Gasteiger partial charge in [0.2, 0.25) is 5.09 Å². The minimum absolute atomic E-state index is 0.0397. The lowest BCUT2D eigenvalue weighted by atomic mass is 10.3. The van der Waals surface area contributed by atoms with E-state index in [1.54, 1.807) is 30.3 Å². The van der Waals surface area contributed by atoms with Crippen LogP contribution in [0, 0.1) is 0 Å². The van der Waals surface area contributed by atoms with E-state index in [2.05, 4.69) is 12.2 Å². The van der Waals surface area contributed by atoms with Gasteiger partial charge in [-0.05, 0) is 37.2 Å². The molecule has 0 aliphatic heterocycles. The fourth-order valence-electron chi connectivity index (χ4n) is 1.89. The molecule has 2 aromatic rings. The maximum Gasteiger partial charge on any atom is 0.297 e. The van der Waals surface area contributed by atoms with Crippen molar-refractivity contribution in [2.75, 3.05) is 17.9 Å². The van der Waals surface area contributed by atoms with Crippen LogP contribution in [0.3, 0.4) is 0 Å². The maximum atomic E-state index is 12.5. The van der Waals surface area contributed by atoms with Crippen LogP contribution in [0.5, 0.6) is 0 Å². The van der Waals surface area contributed by atoms with Crippen LogP contribution in [0.25, 0.3) is 0 Å². The van der Waals surface area contributed by atoms with Crippen LogP contribution in [0.4, 0.5) is 5.69 Å². The molecular formula is C15H20N2O3S. The first-order chi connectivity index (χ1) is 10.1. The van der Waals surface area contributed by atoms with Gasteiger partial charge in [0.05, 0.1) is 12.2 Å². The van der Waals surface area contributed by atoms with Crippen LogP contribution in [-0.2, 0) is 16.6 Å². The molecule has 1 aromatic heterocycles. The average Bonchev–Trinajstić information content (AvgIpc) is 2.97. The predicted molar refractivity (Wildman–Crippen MR) is 82.7 cm³/mol. The van der Waals surface area contributed by atoms with E-state index in [1.165, 1.54) is 17.4 Å². The highest BCUT2D eigenvalue weighted by atomic mass is 32.2. The summed E-state index contributed by atoms with van der Waals surface area (Å²) in [6.45, 7) is 3.46. The van der Waals surface area contributed by atoms with E-state index in [4.69, 9.17) is 4.42 Å². The number of hydrogen-bond acceptors (Lipinski definition) is 4. The first-order valence-electron chi connectivity index (χ1n) is 6.89. The highest BCUT2D eigenvalue weighted by molar-refractivity contribution is 7.92. The summed E-state index contributed by atoms with van der Waals surface area (Å²) < 4.78 is 31.6. The van der Waals surface area contributed by atoms with Crippen molar-refractivity contribution in [1.82, 2.24) is 5.32 Å². The highest BCUT2D eigenvalue weighted by Crippen LogP contribution is 2.23. The molecule has 0 unspecified atom stereocenters. The zero-order chi connectivity index (χ0) is 15.3. The quantitative estimate of drug-likeness (QED) is 0.799. The lowest BCUT2D eigenvalue weighted by molar-refractivity contribution is 0.402. The molecule has 0 fully saturated rings. The summed E-state index contributed by atoms with van der Waals surface area (Å²) in [5, 5.41) is 3.14. The van der Waals surface area contributed by atoms with Crippen molar-refractivity contribution in [3.8, 4) is 0 Å². The molecular weight excluding hydrogens is 288 g/mol. The standard InChI is InChI=1S/C15H20N2O3S/c1-3-11-16-12-14-9-10-15(20-14)21(18,19)17(2)13-7-5-4-6-8-13/h4-10,16H,3,11-12H2,1-2H3. The number of sulfonamides is 1. The molecule has 0 radical (unpaired) electrons. The molecule has 5 nitrogen and oxygen atoms in total. The molecule has 0 bridgehead atoms. The Morgan fingerprint density at radius 1 is 1.14 bits per heavy atom. The third-order valence-corrected chi connectivity index (χ3v) is 4.76. The third kappa shape index (κ3) is 3.65.